The van der Waals surface area contributed by atoms with Gasteiger partial charge in [-0.2, -0.15) is 0 Å². The van der Waals surface area contributed by atoms with E-state index in [1.165, 1.54) is 0 Å². The number of carboxylic acids is 5. The highest BCUT2D eigenvalue weighted by Crippen LogP contribution is 2.53. The molecular formula is C38H35NO32S. The number of hydrogen-bond donors (Lipinski definition) is 20. The number of aliphatic hydroxyl groups is 9. The standard InChI is InChI=1S/C38H35NO32S/c1-2(40)3-18(46)20(48)8(22(50)28(3)72)21(49)27(32(59)60)70-36(65)10-14(42)4(13(41)9(16(10)44)29(53)54)6(19(47)23(51)24(52)31(57)58)34(63)69-26-12(39)17(45)7(35(64)71-38(67)33(61)62)5-15(43)11(30(55)56)37(66)68-25(5)26/h4,6,9,13-14,19,21,23-24,27,37,41-52,66,72H,39H2,1H3,(H,53,54)(H,55,56)(H,57,58)(H,59,60)(H,61,62). The third kappa shape index (κ3) is 9.80. The summed E-state index contributed by atoms with van der Waals surface area (Å²) in [6, 6.07) is 0. The van der Waals surface area contributed by atoms with Crippen molar-refractivity contribution in [1.29, 1.82) is 0 Å². The van der Waals surface area contributed by atoms with Crippen LogP contribution in [0, 0.1) is 17.8 Å². The van der Waals surface area contributed by atoms with Crippen LogP contribution in [-0.4, -0.2) is 194 Å². The molecule has 0 aromatic heterocycles. The first-order valence-electron chi connectivity index (χ1n) is 19.0. The van der Waals surface area contributed by atoms with Gasteiger partial charge in [-0.3, -0.25) is 14.4 Å². The molecule has 2 aliphatic rings. The van der Waals surface area contributed by atoms with Crippen molar-refractivity contribution in [2.24, 2.45) is 17.8 Å². The summed E-state index contributed by atoms with van der Waals surface area (Å²) >= 11 is 3.77. The summed E-state index contributed by atoms with van der Waals surface area (Å²) in [6.45, 7) is 0.790. The minimum absolute atomic E-state index is 0.790. The fourth-order valence-corrected chi connectivity index (χ4v) is 7.67. The van der Waals surface area contributed by atoms with Crippen LogP contribution in [0.2, 0.25) is 0 Å². The number of anilines is 1. The van der Waals surface area contributed by atoms with Gasteiger partial charge in [0.15, 0.2) is 40.6 Å². The van der Waals surface area contributed by atoms with E-state index in [9.17, 15) is 135 Å². The summed E-state index contributed by atoms with van der Waals surface area (Å²) in [5, 5.41) is 189. The van der Waals surface area contributed by atoms with E-state index >= 15 is 0 Å². The number of nitrogen functional groups attached to an aromatic ring is 1. The molecule has 4 rings (SSSR count). The van der Waals surface area contributed by atoms with Crippen molar-refractivity contribution in [2.45, 2.75) is 60.8 Å². The summed E-state index contributed by atoms with van der Waals surface area (Å²) in [5.41, 5.74) is -5.03. The van der Waals surface area contributed by atoms with Crippen LogP contribution in [0.4, 0.5) is 5.69 Å². The molecule has 0 bridgehead atoms. The van der Waals surface area contributed by atoms with E-state index in [-0.39, 0.29) is 0 Å². The highest BCUT2D eigenvalue weighted by atomic mass is 32.1. The monoisotopic (exact) mass is 1050 g/mol. The number of fused-ring (bicyclic) bond motifs is 1. The first-order chi connectivity index (χ1) is 33.2. The predicted octanol–water partition coefficient (Wildman–Crippen LogP) is -5.30. The Balaban J connectivity index is 1.99. The van der Waals surface area contributed by atoms with Crippen LogP contribution < -0.4 is 15.2 Å². The Morgan fingerprint density at radius 2 is 1.29 bits per heavy atom. The van der Waals surface area contributed by atoms with Gasteiger partial charge >= 0.3 is 53.7 Å². The number of ketones is 1. The quantitative estimate of drug-likeness (QED) is 0.00859. The largest absolute Gasteiger partial charge is 0.511 e. The number of aromatic hydroxyl groups is 4. The van der Waals surface area contributed by atoms with Crippen molar-refractivity contribution in [1.82, 2.24) is 0 Å². The Labute approximate surface area is 399 Å². The molecule has 0 radical (unpaired) electrons. The molecule has 11 atom stereocenters. The summed E-state index contributed by atoms with van der Waals surface area (Å²) in [7, 11) is 0. The van der Waals surface area contributed by atoms with Gasteiger partial charge in [-0.25, -0.2) is 33.6 Å². The molecule has 33 nitrogen and oxygen atoms in total. The lowest BCUT2D eigenvalue weighted by Crippen LogP contribution is -2.59. The molecule has 0 spiro atoms. The van der Waals surface area contributed by atoms with Gasteiger partial charge in [-0.1, -0.05) is 0 Å². The number of rotatable bonds is 16. The zero-order chi connectivity index (χ0) is 55.2. The Kier molecular flexibility index (Phi) is 16.2. The third-order valence-corrected chi connectivity index (χ3v) is 11.1. The minimum Gasteiger partial charge on any atom is -0.511 e. The summed E-state index contributed by atoms with van der Waals surface area (Å²) in [5.74, 6) is -46.1. The number of carboxylic acid groups (broad SMARTS) is 5. The van der Waals surface area contributed by atoms with Crippen molar-refractivity contribution < 1.29 is 159 Å². The molecule has 2 aromatic carbocycles. The van der Waals surface area contributed by atoms with E-state index in [2.05, 4.69) is 22.1 Å². The molecule has 1 aliphatic heterocycles. The molecule has 11 unspecified atom stereocenters. The Bertz CT molecular complexity index is 2770. The van der Waals surface area contributed by atoms with Crippen molar-refractivity contribution in [2.75, 3.05) is 5.73 Å². The van der Waals surface area contributed by atoms with Crippen LogP contribution in [0.3, 0.4) is 0 Å². The third-order valence-electron chi connectivity index (χ3n) is 10.7. The van der Waals surface area contributed by atoms with Crippen molar-refractivity contribution in [3.8, 4) is 34.5 Å². The second-order valence-electron chi connectivity index (χ2n) is 14.9. The number of phenols is 4. The summed E-state index contributed by atoms with van der Waals surface area (Å²) in [4.78, 5) is 124. The van der Waals surface area contributed by atoms with Crippen LogP contribution in [0.25, 0.3) is 5.76 Å². The average Bonchev–Trinajstić information content (AvgIpc) is 3.26. The predicted molar refractivity (Wildman–Crippen MR) is 217 cm³/mol. The lowest BCUT2D eigenvalue weighted by atomic mass is 9.68. The van der Waals surface area contributed by atoms with Gasteiger partial charge in [0.1, 0.15) is 57.8 Å². The SMILES string of the molecule is CC(=O)c1c(O)c(O)c(C(O)C(OC(=O)C2=C(O)C(C(=O)O)C(O)C(C(C(=O)Oc3c(N)c(O)c(C(=O)OC(=O)C(=O)O)c4c3OC(O)C(C(=O)O)=C4O)C(O)C(O)C(O)C(=O)O)C2O)C(=O)O)c(O)c1S. The van der Waals surface area contributed by atoms with E-state index in [0.29, 0.717) is 0 Å². The minimum atomic E-state index is -3.41. The van der Waals surface area contributed by atoms with Crippen molar-refractivity contribution >= 4 is 83.6 Å². The van der Waals surface area contributed by atoms with Crippen LogP contribution in [0.1, 0.15) is 44.9 Å². The molecule has 0 saturated heterocycles. The number of phenolic OH excluding ortho intramolecular Hbond substituents is 4. The smallest absolute Gasteiger partial charge is 0.425 e. The number of aliphatic carboxylic acids is 5. The number of ether oxygens (including phenoxy) is 4. The fourth-order valence-electron chi connectivity index (χ4n) is 7.28. The maximum Gasteiger partial charge on any atom is 0.425 e. The van der Waals surface area contributed by atoms with Crippen molar-refractivity contribution in [3.05, 3.63) is 39.2 Å². The van der Waals surface area contributed by atoms with E-state index in [4.69, 9.17) is 20.3 Å². The van der Waals surface area contributed by atoms with E-state index in [1.807, 2.05) is 0 Å². The highest BCUT2D eigenvalue weighted by molar-refractivity contribution is 7.80. The zero-order valence-electron chi connectivity index (χ0n) is 35.1. The van der Waals surface area contributed by atoms with E-state index in [1.54, 1.807) is 0 Å². The molecule has 0 saturated carbocycles. The summed E-state index contributed by atoms with van der Waals surface area (Å²) in [6.07, 6.45) is -25.7. The second kappa shape index (κ2) is 20.8. The molecule has 2 aromatic rings. The van der Waals surface area contributed by atoms with Crippen LogP contribution in [-0.2, 0) is 47.8 Å². The normalized spacial score (nSPS) is 21.0. The number of benzene rings is 2. The second-order valence-corrected chi connectivity index (χ2v) is 15.3. The number of esters is 4. The van der Waals surface area contributed by atoms with Gasteiger partial charge in [0.05, 0.1) is 45.8 Å². The molecule has 1 aliphatic carbocycles. The highest BCUT2D eigenvalue weighted by Gasteiger charge is 2.58. The Morgan fingerprint density at radius 3 is 1.78 bits per heavy atom. The number of thiol groups is 1. The Morgan fingerprint density at radius 1 is 0.722 bits per heavy atom. The average molecular weight is 1050 g/mol. The van der Waals surface area contributed by atoms with Gasteiger partial charge in [0.2, 0.25) is 12.4 Å². The van der Waals surface area contributed by atoms with Gasteiger partial charge in [-0.15, -0.1) is 12.6 Å². The summed E-state index contributed by atoms with van der Waals surface area (Å²) < 4.78 is 18.7. The molecule has 20 N–H and O–H groups in total. The number of aliphatic hydroxyl groups excluding tert-OH is 9. The lowest BCUT2D eigenvalue weighted by Gasteiger charge is -2.42. The van der Waals surface area contributed by atoms with Gasteiger partial charge in [0, 0.05) is 5.92 Å². The van der Waals surface area contributed by atoms with Gasteiger partial charge < -0.3 is 117 Å². The Hall–Kier alpha value is -8.51. The van der Waals surface area contributed by atoms with Gasteiger partial charge in [0.25, 0.3) is 0 Å². The number of nitrogens with two attached hydrogens (primary N) is 1. The maximum absolute atomic E-state index is 14.4. The molecular weight excluding hydrogens is 1010 g/mol. The topological polar surface area (TPSA) is 598 Å². The maximum atomic E-state index is 14.4. The first-order valence-corrected chi connectivity index (χ1v) is 19.4. The van der Waals surface area contributed by atoms with Gasteiger partial charge in [-0.05, 0) is 6.92 Å². The number of carbonyl (C=O) groups is 10. The lowest BCUT2D eigenvalue weighted by molar-refractivity contribution is -0.181. The zero-order valence-corrected chi connectivity index (χ0v) is 36.0. The molecule has 72 heavy (non-hydrogen) atoms. The van der Waals surface area contributed by atoms with E-state index < -0.39 is 216 Å². The van der Waals surface area contributed by atoms with Crippen molar-refractivity contribution in [3.63, 3.8) is 0 Å². The molecule has 1 heterocycles. The number of hydrogen-bond acceptors (Lipinski definition) is 29. The molecule has 0 fully saturated rings. The molecule has 0 amide bonds. The van der Waals surface area contributed by atoms with E-state index in [0.717, 1.165) is 6.92 Å². The number of Topliss-reactive ketones (excluding diaryl/α,β-unsaturated/α-hetero) is 1. The van der Waals surface area contributed by atoms with Crippen LogP contribution >= 0.6 is 12.6 Å². The van der Waals surface area contributed by atoms with Crippen LogP contribution in [0.5, 0.6) is 34.5 Å². The first kappa shape index (κ1) is 56.1. The molecule has 34 heteroatoms. The number of carbonyl (C=O) groups excluding carboxylic acids is 5. The van der Waals surface area contributed by atoms with Crippen LogP contribution in [0.15, 0.2) is 21.8 Å². The molecule has 390 valence electrons. The fraction of sp³-hybridized carbons (Fsp3) is 0.316.